The van der Waals surface area contributed by atoms with Gasteiger partial charge in [-0.3, -0.25) is 4.99 Å². The lowest BCUT2D eigenvalue weighted by Gasteiger charge is -2.01. The van der Waals surface area contributed by atoms with Crippen molar-refractivity contribution in [2.75, 3.05) is 5.32 Å². The third-order valence-electron chi connectivity index (χ3n) is 4.14. The van der Waals surface area contributed by atoms with Crippen LogP contribution in [0.3, 0.4) is 0 Å². The summed E-state index contributed by atoms with van der Waals surface area (Å²) in [7, 11) is 0. The summed E-state index contributed by atoms with van der Waals surface area (Å²) in [5.74, 6) is 0.423. The molecule has 126 valence electrons. The van der Waals surface area contributed by atoms with Crippen LogP contribution in [0.1, 0.15) is 5.69 Å². The van der Waals surface area contributed by atoms with Crippen LogP contribution < -0.4 is 15.8 Å². The second kappa shape index (κ2) is 5.82. The number of anilines is 2. The molecule has 0 aliphatic carbocycles. The molecule has 1 aliphatic rings. The van der Waals surface area contributed by atoms with E-state index in [0.717, 1.165) is 32.0 Å². The molecule has 4 aromatic rings. The highest BCUT2D eigenvalue weighted by molar-refractivity contribution is 7.16. The maximum absolute atomic E-state index is 10.1. The number of fused-ring (bicyclic) bond motifs is 2. The second-order valence-corrected chi connectivity index (χ2v) is 6.78. The molecule has 2 aromatic carbocycles. The molecule has 1 aliphatic heterocycles. The fourth-order valence-electron chi connectivity index (χ4n) is 2.87. The first-order valence-corrected chi connectivity index (χ1v) is 8.88. The van der Waals surface area contributed by atoms with Gasteiger partial charge in [0.2, 0.25) is 11.8 Å². The largest absolute Gasteiger partial charge is 0.492 e. The molecule has 0 saturated carbocycles. The highest BCUT2D eigenvalue weighted by Gasteiger charge is 2.08. The van der Waals surface area contributed by atoms with Crippen molar-refractivity contribution in [2.24, 2.45) is 4.99 Å². The number of thiazole rings is 1. The molecular weight excluding hydrogens is 346 g/mol. The zero-order chi connectivity index (χ0) is 17.5. The molecule has 5 rings (SSSR count). The minimum absolute atomic E-state index is 0.0538. The molecular formula is C19H13N5OS. The van der Waals surface area contributed by atoms with E-state index in [0.29, 0.717) is 11.6 Å². The maximum Gasteiger partial charge on any atom is 0.238 e. The van der Waals surface area contributed by atoms with Crippen molar-refractivity contribution in [1.29, 1.82) is 0 Å². The van der Waals surface area contributed by atoms with Gasteiger partial charge in [0.25, 0.3) is 0 Å². The van der Waals surface area contributed by atoms with Crippen LogP contribution >= 0.6 is 11.3 Å². The van der Waals surface area contributed by atoms with Gasteiger partial charge in [0.05, 0.1) is 21.4 Å². The lowest BCUT2D eigenvalue weighted by Crippen LogP contribution is -2.06. The fourth-order valence-corrected chi connectivity index (χ4v) is 3.59. The zero-order valence-corrected chi connectivity index (χ0v) is 14.3. The van der Waals surface area contributed by atoms with Crippen LogP contribution in [-0.4, -0.2) is 26.3 Å². The Labute approximate surface area is 151 Å². The number of H-pyrrole nitrogens is 1. The molecule has 0 saturated heterocycles. The van der Waals surface area contributed by atoms with E-state index < -0.39 is 0 Å². The predicted molar refractivity (Wildman–Crippen MR) is 105 cm³/mol. The fraction of sp³-hybridized carbons (Fsp3) is 0. The number of nitrogens with zero attached hydrogens (tertiary/aromatic N) is 3. The summed E-state index contributed by atoms with van der Waals surface area (Å²) < 4.78 is 1.09. The Morgan fingerprint density at radius 1 is 1.15 bits per heavy atom. The molecule has 6 nitrogen and oxygen atoms in total. The number of aromatic nitrogens is 3. The van der Waals surface area contributed by atoms with Crippen LogP contribution in [0.5, 0.6) is 5.88 Å². The second-order valence-electron chi connectivity index (χ2n) is 5.89. The molecule has 2 aromatic heterocycles. The van der Waals surface area contributed by atoms with Crippen LogP contribution in [0, 0.1) is 0 Å². The maximum atomic E-state index is 10.1. The van der Waals surface area contributed by atoms with Gasteiger partial charge in [-0.05, 0) is 41.6 Å². The monoisotopic (exact) mass is 359 g/mol. The van der Waals surface area contributed by atoms with Gasteiger partial charge < -0.3 is 15.4 Å². The van der Waals surface area contributed by atoms with Crippen molar-refractivity contribution in [1.82, 2.24) is 15.0 Å². The van der Waals surface area contributed by atoms with Gasteiger partial charge in [0.15, 0.2) is 0 Å². The van der Waals surface area contributed by atoms with E-state index in [1.165, 1.54) is 0 Å². The molecule has 0 unspecified atom stereocenters. The van der Waals surface area contributed by atoms with E-state index in [9.17, 15) is 5.11 Å². The van der Waals surface area contributed by atoms with Crippen LogP contribution in [0.4, 0.5) is 17.3 Å². The van der Waals surface area contributed by atoms with Gasteiger partial charge in [0.1, 0.15) is 5.69 Å². The average Bonchev–Trinajstić information content (AvgIpc) is 3.35. The zero-order valence-electron chi connectivity index (χ0n) is 13.5. The molecule has 0 bridgehead atoms. The van der Waals surface area contributed by atoms with Gasteiger partial charge >= 0.3 is 0 Å². The summed E-state index contributed by atoms with van der Waals surface area (Å²) in [5.41, 5.74) is 5.13. The Morgan fingerprint density at radius 3 is 3.08 bits per heavy atom. The van der Waals surface area contributed by atoms with E-state index in [1.807, 2.05) is 54.1 Å². The first-order valence-electron chi connectivity index (χ1n) is 8.00. The number of benzene rings is 2. The van der Waals surface area contributed by atoms with Crippen molar-refractivity contribution in [2.45, 2.75) is 0 Å². The number of aromatic amines is 1. The number of rotatable bonds is 3. The Hall–Kier alpha value is -3.45. The van der Waals surface area contributed by atoms with Crippen molar-refractivity contribution >= 4 is 57.2 Å². The molecule has 0 radical (unpaired) electrons. The average molecular weight is 359 g/mol. The highest BCUT2D eigenvalue weighted by atomic mass is 32.1. The standard InChI is InChI=1S/C19H13N5OS/c25-18-16(8-11-1-2-12-5-6-20-15(12)7-11)23-19(24-18)22-13-3-4-14-17(9-13)26-10-21-14/h1-10,25H,(H2,22,23,24). The molecule has 0 spiro atoms. The SMILES string of the molecule is Oc1nc(Nc2ccc3ncsc3c2)[nH]c1C=c1ccc2c(c1)N=CC=2. The number of imidazole rings is 1. The molecule has 0 fully saturated rings. The lowest BCUT2D eigenvalue weighted by molar-refractivity contribution is 0.455. The Kier molecular flexibility index (Phi) is 3.32. The van der Waals surface area contributed by atoms with E-state index in [1.54, 1.807) is 17.6 Å². The van der Waals surface area contributed by atoms with E-state index in [4.69, 9.17) is 0 Å². The van der Waals surface area contributed by atoms with Gasteiger partial charge in [-0.25, -0.2) is 4.98 Å². The molecule has 0 amide bonds. The molecule has 7 heteroatoms. The number of aromatic hydroxyl groups is 1. The highest BCUT2D eigenvalue weighted by Crippen LogP contribution is 2.25. The summed E-state index contributed by atoms with van der Waals surface area (Å²) >= 11 is 1.58. The van der Waals surface area contributed by atoms with Gasteiger partial charge in [0, 0.05) is 17.1 Å². The molecule has 26 heavy (non-hydrogen) atoms. The van der Waals surface area contributed by atoms with Crippen LogP contribution in [0.15, 0.2) is 46.9 Å². The summed E-state index contributed by atoms with van der Waals surface area (Å²) in [6.45, 7) is 0. The predicted octanol–water partition coefficient (Wildman–Crippen LogP) is 2.79. The number of hydrogen-bond donors (Lipinski definition) is 3. The molecule has 3 N–H and O–H groups in total. The Bertz CT molecular complexity index is 1280. The van der Waals surface area contributed by atoms with Crippen molar-refractivity contribution < 1.29 is 5.11 Å². The van der Waals surface area contributed by atoms with E-state index in [-0.39, 0.29) is 5.88 Å². The van der Waals surface area contributed by atoms with E-state index in [2.05, 4.69) is 25.3 Å². The summed E-state index contributed by atoms with van der Waals surface area (Å²) in [6.07, 6.45) is 5.59. The van der Waals surface area contributed by atoms with Crippen LogP contribution in [-0.2, 0) is 0 Å². The van der Waals surface area contributed by atoms with Crippen LogP contribution in [0.2, 0.25) is 0 Å². The summed E-state index contributed by atoms with van der Waals surface area (Å²) in [6, 6.07) is 11.8. The van der Waals surface area contributed by atoms with E-state index >= 15 is 0 Å². The number of hydrogen-bond acceptors (Lipinski definition) is 6. The Morgan fingerprint density at radius 2 is 2.12 bits per heavy atom. The molecule has 0 atom stereocenters. The van der Waals surface area contributed by atoms with Gasteiger partial charge in [-0.2, -0.15) is 4.98 Å². The smallest absolute Gasteiger partial charge is 0.238 e. The third kappa shape index (κ3) is 2.64. The summed E-state index contributed by atoms with van der Waals surface area (Å²) in [5, 5.41) is 15.4. The first-order chi connectivity index (χ1) is 12.7. The topological polar surface area (TPSA) is 86.2 Å². The van der Waals surface area contributed by atoms with Gasteiger partial charge in [-0.15, -0.1) is 11.3 Å². The normalized spacial score (nSPS) is 13.2. The van der Waals surface area contributed by atoms with Crippen molar-refractivity contribution in [3.63, 3.8) is 0 Å². The lowest BCUT2D eigenvalue weighted by atomic mass is 10.2. The minimum atomic E-state index is -0.0538. The van der Waals surface area contributed by atoms with Gasteiger partial charge in [-0.1, -0.05) is 12.1 Å². The minimum Gasteiger partial charge on any atom is -0.492 e. The third-order valence-corrected chi connectivity index (χ3v) is 4.93. The van der Waals surface area contributed by atoms with Crippen molar-refractivity contribution in [3.8, 4) is 5.88 Å². The molecule has 3 heterocycles. The first kappa shape index (κ1) is 14.9. The Balaban J connectivity index is 1.47. The van der Waals surface area contributed by atoms with Crippen molar-refractivity contribution in [3.05, 3.63) is 58.0 Å². The summed E-state index contributed by atoms with van der Waals surface area (Å²) in [4.78, 5) is 15.8. The number of nitrogens with one attached hydrogen (secondary N) is 2. The van der Waals surface area contributed by atoms with Crippen LogP contribution in [0.25, 0.3) is 22.4 Å². The quantitative estimate of drug-likeness (QED) is 0.525. The number of aliphatic imine (C=N–C) groups is 1.